The van der Waals surface area contributed by atoms with Crippen molar-refractivity contribution in [3.8, 4) is 11.5 Å². The Balaban J connectivity index is 1.00. The number of benzene rings is 4. The van der Waals surface area contributed by atoms with Crippen molar-refractivity contribution in [2.24, 2.45) is 22.4 Å². The van der Waals surface area contributed by atoms with Crippen LogP contribution in [0, 0.1) is 17.3 Å². The van der Waals surface area contributed by atoms with E-state index in [2.05, 4.69) is 32.6 Å². The maximum atomic E-state index is 13.2. The van der Waals surface area contributed by atoms with Crippen molar-refractivity contribution in [1.29, 1.82) is 0 Å². The van der Waals surface area contributed by atoms with Crippen molar-refractivity contribution in [3.05, 3.63) is 108 Å². The van der Waals surface area contributed by atoms with Gasteiger partial charge < -0.3 is 18.9 Å². The lowest BCUT2D eigenvalue weighted by Crippen LogP contribution is -2.45. The Morgan fingerprint density at radius 1 is 1.05 bits per heavy atom. The number of nitrogens with zero attached hydrogens (tertiary/aromatic N) is 3. The molecule has 1 aromatic heterocycles. The fourth-order valence-corrected chi connectivity index (χ4v) is 9.00. The Kier molecular flexibility index (Phi) is 13.4. The van der Waals surface area contributed by atoms with Crippen LogP contribution in [0.2, 0.25) is 5.02 Å². The number of fused-ring (bicyclic) bond motifs is 2. The summed E-state index contributed by atoms with van der Waals surface area (Å²) in [5, 5.41) is 8.81. The van der Waals surface area contributed by atoms with Crippen molar-refractivity contribution in [2.75, 3.05) is 38.0 Å². The molecule has 0 N–H and O–H groups in total. The lowest BCUT2D eigenvalue weighted by molar-refractivity contribution is -0.150. The van der Waals surface area contributed by atoms with Crippen LogP contribution >= 0.6 is 22.9 Å². The van der Waals surface area contributed by atoms with Gasteiger partial charge in [0, 0.05) is 36.0 Å². The van der Waals surface area contributed by atoms with Crippen molar-refractivity contribution in [2.45, 2.75) is 64.7 Å². The van der Waals surface area contributed by atoms with Crippen LogP contribution in [0.15, 0.2) is 96.6 Å². The number of hydrazone groups is 1. The molecule has 298 valence electrons. The van der Waals surface area contributed by atoms with Gasteiger partial charge in [0.05, 0.1) is 47.2 Å². The summed E-state index contributed by atoms with van der Waals surface area (Å²) < 4.78 is 23.9. The molecule has 9 nitrogen and oxygen atoms in total. The van der Waals surface area contributed by atoms with Gasteiger partial charge in [0.15, 0.2) is 0 Å². The van der Waals surface area contributed by atoms with E-state index in [4.69, 9.17) is 40.6 Å². The molecule has 0 spiro atoms. The molecule has 3 atom stereocenters. The number of carbonyl (C=O) groups is 2. The zero-order valence-electron chi connectivity index (χ0n) is 32.7. The summed E-state index contributed by atoms with van der Waals surface area (Å²) in [6.07, 6.45) is 10.4. The number of amides is 1. The lowest BCUT2D eigenvalue weighted by Gasteiger charge is -2.40. The van der Waals surface area contributed by atoms with E-state index in [1.807, 2.05) is 42.6 Å². The average Bonchev–Trinajstić information content (AvgIpc) is 3.65. The van der Waals surface area contributed by atoms with E-state index in [-0.39, 0.29) is 23.2 Å². The number of halogens is 1. The van der Waals surface area contributed by atoms with Crippen molar-refractivity contribution < 1.29 is 28.5 Å². The highest BCUT2D eigenvalue weighted by molar-refractivity contribution is 7.22. The molecular weight excluding hydrogens is 758 g/mol. The normalized spacial score (nSPS) is 19.0. The predicted octanol–water partition coefficient (Wildman–Crippen LogP) is 11.0. The minimum atomic E-state index is -0.501. The van der Waals surface area contributed by atoms with Crippen LogP contribution in [-0.2, 0) is 14.3 Å². The fraction of sp³-hybridized carbons (Fsp3) is 0.391. The number of carbonyl (C=O) groups excluding carboxylic acids is 2. The molecule has 0 radical (unpaired) electrons. The number of hydrogen-bond acceptors (Lipinski definition) is 9. The molecule has 2 aliphatic rings. The van der Waals surface area contributed by atoms with Gasteiger partial charge in [-0.2, -0.15) is 10.1 Å². The summed E-state index contributed by atoms with van der Waals surface area (Å²) in [5.74, 6) is 1.03. The maximum Gasteiger partial charge on any atom is 0.343 e. The Morgan fingerprint density at radius 3 is 2.61 bits per heavy atom. The van der Waals surface area contributed by atoms with Crippen molar-refractivity contribution in [1.82, 2.24) is 4.98 Å². The second kappa shape index (κ2) is 18.8. The predicted molar refractivity (Wildman–Crippen MR) is 229 cm³/mol. The largest absolute Gasteiger partial charge is 0.494 e. The smallest absolute Gasteiger partial charge is 0.343 e. The molecule has 4 aromatic carbocycles. The highest BCUT2D eigenvalue weighted by atomic mass is 35.5. The summed E-state index contributed by atoms with van der Waals surface area (Å²) in [6.45, 7) is 11.5. The van der Waals surface area contributed by atoms with Crippen LogP contribution in [-0.4, -0.2) is 56.1 Å². The van der Waals surface area contributed by atoms with E-state index < -0.39 is 5.97 Å². The zero-order chi connectivity index (χ0) is 39.8. The molecule has 11 heteroatoms. The van der Waals surface area contributed by atoms with Crippen LogP contribution < -0.4 is 14.5 Å². The molecule has 1 saturated carbocycles. The zero-order valence-corrected chi connectivity index (χ0v) is 34.2. The number of anilines is 1. The highest BCUT2D eigenvalue weighted by Crippen LogP contribution is 2.43. The molecule has 57 heavy (non-hydrogen) atoms. The van der Waals surface area contributed by atoms with Gasteiger partial charge in [0.2, 0.25) is 5.13 Å². The second-order valence-electron chi connectivity index (χ2n) is 15.2. The third-order valence-corrected chi connectivity index (χ3v) is 12.7. The Hall–Kier alpha value is -4.61. The van der Waals surface area contributed by atoms with E-state index >= 15 is 0 Å². The first-order valence-corrected chi connectivity index (χ1v) is 21.2. The molecule has 7 rings (SSSR count). The monoisotopic (exact) mass is 807 g/mol. The Bertz CT molecular complexity index is 2180. The molecule has 1 aliphatic heterocycles. The van der Waals surface area contributed by atoms with Gasteiger partial charge in [0.1, 0.15) is 11.5 Å². The molecule has 1 amide bonds. The Morgan fingerprint density at radius 2 is 1.88 bits per heavy atom. The molecule has 5 aromatic rings. The van der Waals surface area contributed by atoms with Gasteiger partial charge in [0.25, 0.3) is 5.91 Å². The SMILES string of the molecule is C=CC(=O)N(/N=C/C1CC(CCC)CC[C@@H]1c1ccc2c(Cl)c(OC(=O)c3ccc(OCCCOCC4(CC)COC4)cc3)ccc2c1)c1nc2ccccc2s1. The number of aromatic nitrogens is 1. The molecule has 2 heterocycles. The van der Waals surface area contributed by atoms with E-state index in [9.17, 15) is 9.59 Å². The standard InChI is InChI=1S/C46H50ClN3O6S/c1-4-10-31-13-20-37(35(25-31)27-48-50(42(51)5-2)45-49-39-11-7-8-12-41(39)57-45)33-16-21-38-34(26-33)17-22-40(43(38)47)56-44(52)32-14-18-36(19-15-32)55-24-9-23-53-28-46(6-3)29-54-30-46/h5,7-8,11-12,14-19,21-22,26-27,31,35,37H,2,4,6,9-10,13,20,23-25,28-30H2,1,3H3/b48-27+/t31?,35?,37-/m1/s1. The van der Waals surface area contributed by atoms with Gasteiger partial charge in [-0.15, -0.1) is 0 Å². The number of hydrogen-bond donors (Lipinski definition) is 0. The molecule has 2 unspecified atom stereocenters. The second-order valence-corrected chi connectivity index (χ2v) is 16.6. The van der Waals surface area contributed by atoms with Crippen LogP contribution in [0.5, 0.6) is 11.5 Å². The van der Waals surface area contributed by atoms with Crippen LogP contribution in [0.25, 0.3) is 21.0 Å². The molecular formula is C46H50ClN3O6S. The highest BCUT2D eigenvalue weighted by Gasteiger charge is 2.37. The molecule has 2 fully saturated rings. The first kappa shape index (κ1) is 40.6. The van der Waals surface area contributed by atoms with Gasteiger partial charge in [-0.25, -0.2) is 9.78 Å². The minimum absolute atomic E-state index is 0.106. The van der Waals surface area contributed by atoms with E-state index in [0.717, 1.165) is 79.1 Å². The number of thiazole rings is 1. The number of esters is 1. The van der Waals surface area contributed by atoms with E-state index in [1.54, 1.807) is 30.3 Å². The minimum Gasteiger partial charge on any atom is -0.494 e. The van der Waals surface area contributed by atoms with Gasteiger partial charge in [-0.3, -0.25) is 4.79 Å². The number of ether oxygens (including phenoxy) is 4. The summed E-state index contributed by atoms with van der Waals surface area (Å²) in [5.41, 5.74) is 2.58. The molecule has 1 aliphatic carbocycles. The first-order valence-electron chi connectivity index (χ1n) is 20.0. The number of para-hydroxylation sites is 1. The summed E-state index contributed by atoms with van der Waals surface area (Å²) in [6, 6.07) is 24.7. The van der Waals surface area contributed by atoms with Gasteiger partial charge in [-0.05, 0) is 97.0 Å². The summed E-state index contributed by atoms with van der Waals surface area (Å²) >= 11 is 8.32. The van der Waals surface area contributed by atoms with Crippen molar-refractivity contribution >= 4 is 67.1 Å². The lowest BCUT2D eigenvalue weighted by atomic mass is 9.70. The molecule has 0 bridgehead atoms. The number of rotatable bonds is 17. The fourth-order valence-electron chi connectivity index (χ4n) is 7.80. The average molecular weight is 808 g/mol. The van der Waals surface area contributed by atoms with Gasteiger partial charge >= 0.3 is 5.97 Å². The quantitative estimate of drug-likeness (QED) is 0.0230. The van der Waals surface area contributed by atoms with Crippen LogP contribution in [0.4, 0.5) is 5.13 Å². The third-order valence-electron chi connectivity index (χ3n) is 11.3. The third kappa shape index (κ3) is 9.58. The summed E-state index contributed by atoms with van der Waals surface area (Å²) in [4.78, 5) is 30.9. The summed E-state index contributed by atoms with van der Waals surface area (Å²) in [7, 11) is 0. The van der Waals surface area contributed by atoms with E-state index in [0.29, 0.717) is 53.0 Å². The maximum absolute atomic E-state index is 13.2. The Labute approximate surface area is 343 Å². The van der Waals surface area contributed by atoms with Crippen molar-refractivity contribution in [3.63, 3.8) is 0 Å². The van der Waals surface area contributed by atoms with E-state index in [1.165, 1.54) is 28.0 Å². The molecule has 1 saturated heterocycles. The topological polar surface area (TPSA) is 99.6 Å². The van der Waals surface area contributed by atoms with Gasteiger partial charge in [-0.1, -0.05) is 92.6 Å². The van der Waals surface area contributed by atoms with Crippen LogP contribution in [0.3, 0.4) is 0 Å². The first-order chi connectivity index (χ1) is 27.8. The van der Waals surface area contributed by atoms with Crippen LogP contribution in [0.1, 0.15) is 80.6 Å².